The minimum absolute atomic E-state index is 0.0112. The molecule has 0 saturated carbocycles. The molecule has 1 fully saturated rings. The van der Waals surface area contributed by atoms with E-state index in [1.807, 2.05) is 40.0 Å². The first kappa shape index (κ1) is 19.4. The van der Waals surface area contributed by atoms with Crippen molar-refractivity contribution in [1.82, 2.24) is 19.6 Å². The molecule has 1 atom stereocenters. The van der Waals surface area contributed by atoms with Crippen molar-refractivity contribution in [2.24, 2.45) is 5.16 Å². The quantitative estimate of drug-likeness (QED) is 0.743. The van der Waals surface area contributed by atoms with Crippen molar-refractivity contribution in [3.05, 3.63) is 47.8 Å². The molecule has 2 aromatic rings. The van der Waals surface area contributed by atoms with Crippen LogP contribution in [0.4, 0.5) is 0 Å². The number of ether oxygens (including phenoxy) is 1. The Morgan fingerprint density at radius 2 is 2.03 bits per heavy atom. The van der Waals surface area contributed by atoms with Gasteiger partial charge in [-0.2, -0.15) is 5.10 Å². The summed E-state index contributed by atoms with van der Waals surface area (Å²) in [7, 11) is 1.63. The average Bonchev–Trinajstić information content (AvgIpc) is 3.43. The molecule has 2 aliphatic rings. The van der Waals surface area contributed by atoms with Crippen LogP contribution in [0, 0.1) is 0 Å². The molecule has 1 saturated heterocycles. The average molecular weight is 397 g/mol. The molecule has 0 aliphatic carbocycles. The highest BCUT2D eigenvalue weighted by atomic mass is 16.6. The fraction of sp³-hybridized carbons (Fsp3) is 0.476. The van der Waals surface area contributed by atoms with Gasteiger partial charge < -0.3 is 14.5 Å². The van der Waals surface area contributed by atoms with Gasteiger partial charge in [-0.3, -0.25) is 14.4 Å². The van der Waals surface area contributed by atoms with E-state index in [4.69, 9.17) is 9.57 Å². The number of benzene rings is 1. The Bertz CT molecular complexity index is 886. The van der Waals surface area contributed by atoms with E-state index in [1.54, 1.807) is 7.11 Å². The molecule has 0 unspecified atom stereocenters. The molecule has 1 aromatic heterocycles. The molecular formula is C21H27N5O3. The van der Waals surface area contributed by atoms with Gasteiger partial charge in [-0.1, -0.05) is 17.3 Å². The summed E-state index contributed by atoms with van der Waals surface area (Å²) in [6.45, 7) is 6.90. The van der Waals surface area contributed by atoms with Gasteiger partial charge in [-0.15, -0.1) is 0 Å². The van der Waals surface area contributed by atoms with Crippen molar-refractivity contribution in [2.75, 3.05) is 33.3 Å². The predicted molar refractivity (Wildman–Crippen MR) is 109 cm³/mol. The maximum Gasteiger partial charge on any atom is 0.266 e. The summed E-state index contributed by atoms with van der Waals surface area (Å²) in [5.41, 5.74) is 2.84. The maximum absolute atomic E-state index is 12.9. The molecule has 0 bridgehead atoms. The molecule has 8 nitrogen and oxygen atoms in total. The van der Waals surface area contributed by atoms with E-state index in [0.29, 0.717) is 19.5 Å². The van der Waals surface area contributed by atoms with E-state index in [-0.39, 0.29) is 5.91 Å². The van der Waals surface area contributed by atoms with Gasteiger partial charge in [0.25, 0.3) is 5.91 Å². The molecule has 0 spiro atoms. The summed E-state index contributed by atoms with van der Waals surface area (Å²) in [4.78, 5) is 22.6. The molecule has 3 heterocycles. The number of aromatic nitrogens is 2. The summed E-state index contributed by atoms with van der Waals surface area (Å²) in [6.07, 6.45) is 3.92. The highest BCUT2D eigenvalue weighted by molar-refractivity contribution is 6.05. The zero-order chi connectivity index (χ0) is 20.2. The minimum Gasteiger partial charge on any atom is -0.496 e. The number of methoxy groups -OCH3 is 1. The Hall–Kier alpha value is -2.87. The van der Waals surface area contributed by atoms with Crippen LogP contribution in [0.3, 0.4) is 0 Å². The first-order valence-corrected chi connectivity index (χ1v) is 10.1. The normalized spacial score (nSPS) is 19.7. The van der Waals surface area contributed by atoms with Crippen LogP contribution in [0.25, 0.3) is 0 Å². The van der Waals surface area contributed by atoms with E-state index in [9.17, 15) is 4.79 Å². The molecular weight excluding hydrogens is 370 g/mol. The highest BCUT2D eigenvalue weighted by Crippen LogP contribution is 2.25. The number of oxime groups is 1. The number of hydrogen-bond donors (Lipinski definition) is 0. The zero-order valence-corrected chi connectivity index (χ0v) is 17.0. The van der Waals surface area contributed by atoms with Gasteiger partial charge in [0.2, 0.25) is 6.10 Å². The highest BCUT2D eigenvalue weighted by Gasteiger charge is 2.34. The number of hydrogen-bond acceptors (Lipinski definition) is 6. The molecule has 4 rings (SSSR count). The third-order valence-electron chi connectivity index (χ3n) is 5.46. The summed E-state index contributed by atoms with van der Waals surface area (Å²) in [5.74, 6) is 0.750. The zero-order valence-electron chi connectivity index (χ0n) is 17.0. The van der Waals surface area contributed by atoms with Crippen LogP contribution in [0.1, 0.15) is 24.5 Å². The predicted octanol–water partition coefficient (Wildman–Crippen LogP) is 1.75. The van der Waals surface area contributed by atoms with Gasteiger partial charge in [-0.25, -0.2) is 0 Å². The number of para-hydroxylation sites is 1. The Morgan fingerprint density at radius 3 is 2.76 bits per heavy atom. The van der Waals surface area contributed by atoms with Gasteiger partial charge >= 0.3 is 0 Å². The van der Waals surface area contributed by atoms with E-state index in [1.165, 1.54) is 5.56 Å². The summed E-state index contributed by atoms with van der Waals surface area (Å²) >= 11 is 0. The van der Waals surface area contributed by atoms with Crippen LogP contribution in [-0.4, -0.2) is 70.6 Å². The number of carbonyl (C=O) groups is 1. The maximum atomic E-state index is 12.9. The van der Waals surface area contributed by atoms with Crippen LogP contribution >= 0.6 is 0 Å². The Balaban J connectivity index is 1.29. The molecule has 154 valence electrons. The van der Waals surface area contributed by atoms with Gasteiger partial charge in [0.05, 0.1) is 19.0 Å². The van der Waals surface area contributed by atoms with Crippen molar-refractivity contribution in [2.45, 2.75) is 32.5 Å². The van der Waals surface area contributed by atoms with Crippen LogP contribution in [-0.2, 0) is 22.7 Å². The van der Waals surface area contributed by atoms with E-state index in [2.05, 4.69) is 28.3 Å². The first-order valence-electron chi connectivity index (χ1n) is 10.1. The number of rotatable bonds is 6. The lowest BCUT2D eigenvalue weighted by Crippen LogP contribution is -2.51. The largest absolute Gasteiger partial charge is 0.496 e. The van der Waals surface area contributed by atoms with E-state index in [0.717, 1.165) is 43.2 Å². The molecule has 1 amide bonds. The summed E-state index contributed by atoms with van der Waals surface area (Å²) in [6, 6.07) is 7.66. The van der Waals surface area contributed by atoms with Crippen molar-refractivity contribution in [3.8, 4) is 5.75 Å². The monoisotopic (exact) mass is 397 g/mol. The second kappa shape index (κ2) is 8.65. The molecule has 0 N–H and O–H groups in total. The third kappa shape index (κ3) is 4.27. The van der Waals surface area contributed by atoms with Crippen LogP contribution in [0.5, 0.6) is 5.75 Å². The topological polar surface area (TPSA) is 72.2 Å². The lowest BCUT2D eigenvalue weighted by Gasteiger charge is -2.35. The second-order valence-electron chi connectivity index (χ2n) is 7.34. The number of aryl methyl sites for hydroxylation is 1. The Morgan fingerprint density at radius 1 is 1.24 bits per heavy atom. The van der Waals surface area contributed by atoms with Gasteiger partial charge in [0.15, 0.2) is 0 Å². The smallest absolute Gasteiger partial charge is 0.266 e. The summed E-state index contributed by atoms with van der Waals surface area (Å²) < 4.78 is 7.33. The van der Waals surface area contributed by atoms with Crippen LogP contribution in [0.15, 0.2) is 41.8 Å². The van der Waals surface area contributed by atoms with Gasteiger partial charge in [0.1, 0.15) is 5.75 Å². The number of carbonyl (C=O) groups excluding carboxylic acids is 1. The van der Waals surface area contributed by atoms with Crippen LogP contribution in [0.2, 0.25) is 0 Å². The van der Waals surface area contributed by atoms with E-state index >= 15 is 0 Å². The van der Waals surface area contributed by atoms with Crippen molar-refractivity contribution in [3.63, 3.8) is 0 Å². The minimum atomic E-state index is -0.552. The fourth-order valence-corrected chi connectivity index (χ4v) is 3.80. The van der Waals surface area contributed by atoms with Crippen molar-refractivity contribution >= 4 is 11.6 Å². The fourth-order valence-electron chi connectivity index (χ4n) is 3.80. The number of amides is 1. The third-order valence-corrected chi connectivity index (χ3v) is 5.46. The molecule has 1 aromatic carbocycles. The number of piperazine rings is 1. The molecule has 29 heavy (non-hydrogen) atoms. The van der Waals surface area contributed by atoms with E-state index < -0.39 is 6.10 Å². The lowest BCUT2D eigenvalue weighted by atomic mass is 10.0. The Labute approximate surface area is 170 Å². The molecule has 0 radical (unpaired) electrons. The van der Waals surface area contributed by atoms with Gasteiger partial charge in [0, 0.05) is 63.0 Å². The summed E-state index contributed by atoms with van der Waals surface area (Å²) in [5, 5.41) is 8.49. The van der Waals surface area contributed by atoms with Crippen molar-refractivity contribution < 1.29 is 14.4 Å². The lowest BCUT2D eigenvalue weighted by molar-refractivity contribution is -0.143. The molecule has 8 heteroatoms. The van der Waals surface area contributed by atoms with Crippen LogP contribution < -0.4 is 4.74 Å². The Kier molecular flexibility index (Phi) is 5.80. The van der Waals surface area contributed by atoms with Crippen molar-refractivity contribution in [1.29, 1.82) is 0 Å². The first-order chi connectivity index (χ1) is 14.2. The standard InChI is InChI=1S/C21H27N5O3/c1-3-26-15-16(13-22-26)14-24-8-10-25(11-9-24)21(27)20-12-18(23-29-20)17-6-4-5-7-19(17)28-2/h4-7,13,15,20H,3,8-12,14H2,1-2H3/t20-/m1/s1. The molecule has 2 aliphatic heterocycles. The SMILES string of the molecule is CCn1cc(CN2CCN(C(=O)[C@H]3CC(c4ccccc4OC)=NO3)CC2)cn1. The number of nitrogens with zero attached hydrogens (tertiary/aromatic N) is 5. The van der Waals surface area contributed by atoms with Gasteiger partial charge in [-0.05, 0) is 19.1 Å². The second-order valence-corrected chi connectivity index (χ2v) is 7.34.